The van der Waals surface area contributed by atoms with Crippen molar-refractivity contribution >= 4 is 21.8 Å². The molecule has 2 aromatic rings. The van der Waals surface area contributed by atoms with Gasteiger partial charge in [0.25, 0.3) is 5.91 Å². The molecule has 0 bridgehead atoms. The van der Waals surface area contributed by atoms with Gasteiger partial charge in [0.05, 0.1) is 10.2 Å². The summed E-state index contributed by atoms with van der Waals surface area (Å²) in [6.45, 7) is 4.10. The van der Waals surface area contributed by atoms with Crippen molar-refractivity contribution < 1.29 is 13.6 Å². The van der Waals surface area contributed by atoms with Crippen LogP contribution in [0.5, 0.6) is 0 Å². The Labute approximate surface area is 147 Å². The van der Waals surface area contributed by atoms with Crippen molar-refractivity contribution in [1.29, 1.82) is 0 Å². The van der Waals surface area contributed by atoms with E-state index in [1.807, 2.05) is 13.8 Å². The van der Waals surface area contributed by atoms with E-state index in [9.17, 15) is 13.6 Å². The first-order valence-electron chi connectivity index (χ1n) is 7.87. The first kappa shape index (κ1) is 17.1. The van der Waals surface area contributed by atoms with Gasteiger partial charge in [-0.15, -0.1) is 0 Å². The van der Waals surface area contributed by atoms with Gasteiger partial charge in [-0.3, -0.25) is 9.89 Å². The second kappa shape index (κ2) is 6.63. The molecule has 0 spiro atoms. The van der Waals surface area contributed by atoms with Gasteiger partial charge in [-0.2, -0.15) is 5.10 Å². The normalized spacial score (nSPS) is 14.2. The van der Waals surface area contributed by atoms with Gasteiger partial charge in [0.15, 0.2) is 5.69 Å². The number of rotatable bonds is 5. The fourth-order valence-corrected chi connectivity index (χ4v) is 3.39. The van der Waals surface area contributed by atoms with Gasteiger partial charge >= 0.3 is 0 Å². The maximum atomic E-state index is 13.9. The van der Waals surface area contributed by atoms with Crippen molar-refractivity contribution in [1.82, 2.24) is 15.1 Å². The number of benzene rings is 1. The van der Waals surface area contributed by atoms with Crippen molar-refractivity contribution in [2.75, 3.05) is 0 Å². The molecular formula is C17H18BrF2N3O. The zero-order valence-corrected chi connectivity index (χ0v) is 15.0. The Hall–Kier alpha value is -1.76. The fourth-order valence-electron chi connectivity index (χ4n) is 2.59. The fraction of sp³-hybridized carbons (Fsp3) is 0.412. The Balaban J connectivity index is 1.87. The highest BCUT2D eigenvalue weighted by Crippen LogP contribution is 2.33. The van der Waals surface area contributed by atoms with E-state index in [1.165, 1.54) is 12.1 Å². The van der Waals surface area contributed by atoms with Gasteiger partial charge in [-0.25, -0.2) is 8.78 Å². The topological polar surface area (TPSA) is 49.0 Å². The Morgan fingerprint density at radius 3 is 2.67 bits per heavy atom. The Morgan fingerprint density at radius 1 is 1.42 bits per heavy atom. The molecule has 0 unspecified atom stereocenters. The SMILES string of the molecule is CC(C)c1[nH]nc(C(=O)N(Cc2ccc(F)cc2F)C2CC2)c1Br. The van der Waals surface area contributed by atoms with Crippen LogP contribution in [-0.2, 0) is 6.54 Å². The first-order valence-corrected chi connectivity index (χ1v) is 8.66. The summed E-state index contributed by atoms with van der Waals surface area (Å²) in [5.74, 6) is -1.33. The molecule has 1 aliphatic rings. The minimum atomic E-state index is -0.641. The van der Waals surface area contributed by atoms with Crippen LogP contribution in [-0.4, -0.2) is 27.0 Å². The molecule has 0 saturated heterocycles. The van der Waals surface area contributed by atoms with Crippen molar-refractivity contribution in [3.05, 3.63) is 51.3 Å². The first-order chi connectivity index (χ1) is 11.4. The highest BCUT2D eigenvalue weighted by molar-refractivity contribution is 9.10. The van der Waals surface area contributed by atoms with Crippen LogP contribution in [0.25, 0.3) is 0 Å². The third-order valence-corrected chi connectivity index (χ3v) is 4.92. The highest BCUT2D eigenvalue weighted by atomic mass is 79.9. The van der Waals surface area contributed by atoms with Crippen LogP contribution in [0, 0.1) is 11.6 Å². The Kier molecular flexibility index (Phi) is 4.71. The molecule has 1 saturated carbocycles. The largest absolute Gasteiger partial charge is 0.330 e. The van der Waals surface area contributed by atoms with E-state index in [2.05, 4.69) is 26.1 Å². The molecule has 3 rings (SSSR count). The number of halogens is 3. The predicted octanol–water partition coefficient (Wildman–Crippen LogP) is 4.38. The molecule has 7 heteroatoms. The second-order valence-corrected chi connectivity index (χ2v) is 7.15. The van der Waals surface area contributed by atoms with E-state index in [-0.39, 0.29) is 24.4 Å². The number of hydrogen-bond acceptors (Lipinski definition) is 2. The Morgan fingerprint density at radius 2 is 2.12 bits per heavy atom. The third kappa shape index (κ3) is 3.36. The van der Waals surface area contributed by atoms with Gasteiger partial charge in [-0.05, 0) is 40.8 Å². The molecule has 1 N–H and O–H groups in total. The molecule has 1 amide bonds. The monoisotopic (exact) mass is 397 g/mol. The zero-order valence-electron chi connectivity index (χ0n) is 13.4. The van der Waals surface area contributed by atoms with E-state index in [0.29, 0.717) is 15.7 Å². The van der Waals surface area contributed by atoms with Crippen molar-refractivity contribution in [3.8, 4) is 0 Å². The van der Waals surface area contributed by atoms with Crippen LogP contribution in [0.15, 0.2) is 22.7 Å². The van der Waals surface area contributed by atoms with Gasteiger partial charge < -0.3 is 4.90 Å². The number of carbonyl (C=O) groups excluding carboxylic acids is 1. The summed E-state index contributed by atoms with van der Waals surface area (Å²) < 4.78 is 27.7. The smallest absolute Gasteiger partial charge is 0.276 e. The van der Waals surface area contributed by atoms with Crippen LogP contribution in [0.1, 0.15) is 54.4 Å². The summed E-state index contributed by atoms with van der Waals surface area (Å²) in [7, 11) is 0. The standard InChI is InChI=1S/C17H18BrF2N3O/c1-9(2)15-14(18)16(22-21-15)17(24)23(12-5-6-12)8-10-3-4-11(19)7-13(10)20/h3-4,7,9,12H,5-6,8H2,1-2H3,(H,21,22). The summed E-state index contributed by atoms with van der Waals surface area (Å²) in [5.41, 5.74) is 1.45. The predicted molar refractivity (Wildman–Crippen MR) is 89.6 cm³/mol. The molecule has 4 nitrogen and oxygen atoms in total. The highest BCUT2D eigenvalue weighted by Gasteiger charge is 2.35. The van der Waals surface area contributed by atoms with Crippen LogP contribution in [0.2, 0.25) is 0 Å². The van der Waals surface area contributed by atoms with Crippen LogP contribution < -0.4 is 0 Å². The van der Waals surface area contributed by atoms with Crippen LogP contribution in [0.3, 0.4) is 0 Å². The minimum absolute atomic E-state index is 0.0769. The number of nitrogens with zero attached hydrogens (tertiary/aromatic N) is 2. The van der Waals surface area contributed by atoms with Crippen LogP contribution in [0.4, 0.5) is 8.78 Å². The molecule has 24 heavy (non-hydrogen) atoms. The number of nitrogens with one attached hydrogen (secondary N) is 1. The number of aromatic amines is 1. The minimum Gasteiger partial charge on any atom is -0.330 e. The molecular weight excluding hydrogens is 380 g/mol. The second-order valence-electron chi connectivity index (χ2n) is 6.35. The van der Waals surface area contributed by atoms with E-state index in [0.717, 1.165) is 24.6 Å². The summed E-state index contributed by atoms with van der Waals surface area (Å²) >= 11 is 3.43. The summed E-state index contributed by atoms with van der Waals surface area (Å²) in [5, 5.41) is 7.01. The number of carbonyl (C=O) groups is 1. The average Bonchev–Trinajstić information content (AvgIpc) is 3.27. The van der Waals surface area contributed by atoms with Crippen molar-refractivity contribution in [2.24, 2.45) is 0 Å². The molecule has 1 aromatic carbocycles. The van der Waals surface area contributed by atoms with Crippen molar-refractivity contribution in [3.63, 3.8) is 0 Å². The van der Waals surface area contributed by atoms with Crippen molar-refractivity contribution in [2.45, 2.75) is 45.2 Å². The molecule has 1 heterocycles. The Bertz CT molecular complexity index is 771. The van der Waals surface area contributed by atoms with Gasteiger partial charge in [0.1, 0.15) is 11.6 Å². The lowest BCUT2D eigenvalue weighted by molar-refractivity contribution is 0.0721. The van der Waals surface area contributed by atoms with Crippen LogP contribution >= 0.6 is 15.9 Å². The maximum Gasteiger partial charge on any atom is 0.276 e. The molecule has 128 valence electrons. The summed E-state index contributed by atoms with van der Waals surface area (Å²) in [6, 6.07) is 3.50. The van der Waals surface area contributed by atoms with E-state index < -0.39 is 11.6 Å². The van der Waals surface area contributed by atoms with Gasteiger partial charge in [0, 0.05) is 24.2 Å². The molecule has 1 aromatic heterocycles. The van der Waals surface area contributed by atoms with E-state index >= 15 is 0 Å². The maximum absolute atomic E-state index is 13.9. The number of H-pyrrole nitrogens is 1. The lowest BCUT2D eigenvalue weighted by Crippen LogP contribution is -2.33. The van der Waals surface area contributed by atoms with Gasteiger partial charge in [-0.1, -0.05) is 19.9 Å². The lowest BCUT2D eigenvalue weighted by atomic mass is 10.1. The summed E-state index contributed by atoms with van der Waals surface area (Å²) in [4.78, 5) is 14.5. The molecule has 0 radical (unpaired) electrons. The molecule has 1 fully saturated rings. The number of hydrogen-bond donors (Lipinski definition) is 1. The summed E-state index contributed by atoms with van der Waals surface area (Å²) in [6.07, 6.45) is 1.77. The number of aromatic nitrogens is 2. The molecule has 0 atom stereocenters. The molecule has 0 aliphatic heterocycles. The van der Waals surface area contributed by atoms with E-state index in [4.69, 9.17) is 0 Å². The third-order valence-electron chi connectivity index (χ3n) is 4.12. The average molecular weight is 398 g/mol. The number of amides is 1. The van der Waals surface area contributed by atoms with E-state index in [1.54, 1.807) is 4.90 Å². The molecule has 1 aliphatic carbocycles. The zero-order chi connectivity index (χ0) is 17.4. The quantitative estimate of drug-likeness (QED) is 0.813. The van der Waals surface area contributed by atoms with Gasteiger partial charge in [0.2, 0.25) is 0 Å². The lowest BCUT2D eigenvalue weighted by Gasteiger charge is -2.22.